The number of carbonyl (C=O) groups is 2. The molecule has 1 saturated heterocycles. The van der Waals surface area contributed by atoms with Crippen molar-refractivity contribution in [2.75, 3.05) is 13.1 Å². The highest BCUT2D eigenvalue weighted by Gasteiger charge is 2.23. The quantitative estimate of drug-likeness (QED) is 0.777. The van der Waals surface area contributed by atoms with Crippen LogP contribution in [0.15, 0.2) is 16.9 Å². The summed E-state index contributed by atoms with van der Waals surface area (Å²) in [6, 6.07) is 2.79. The number of carboxylic acids is 1. The minimum atomic E-state index is -1.14. The highest BCUT2D eigenvalue weighted by atomic mass is 16.4. The van der Waals surface area contributed by atoms with Gasteiger partial charge in [-0.2, -0.15) is 5.10 Å². The minimum Gasteiger partial charge on any atom is -0.476 e. The Bertz CT molecular complexity index is 755. The van der Waals surface area contributed by atoms with Gasteiger partial charge in [0.25, 0.3) is 5.56 Å². The second-order valence-corrected chi connectivity index (χ2v) is 5.11. The van der Waals surface area contributed by atoms with Gasteiger partial charge in [0, 0.05) is 31.1 Å². The lowest BCUT2D eigenvalue weighted by atomic mass is 9.93. The van der Waals surface area contributed by atoms with E-state index in [0.717, 1.165) is 19.3 Å². The van der Waals surface area contributed by atoms with Gasteiger partial charge in [-0.1, -0.05) is 0 Å². The number of carboxylic acid groups (broad SMARTS) is 1. The SMILES string of the molecule is O=CN1CCC(c2cc(=O)[nH]c3cc(C(=O)O)nn23)CC1. The molecule has 21 heavy (non-hydrogen) atoms. The van der Waals surface area contributed by atoms with Crippen molar-refractivity contribution in [1.29, 1.82) is 0 Å². The Morgan fingerprint density at radius 3 is 2.71 bits per heavy atom. The van der Waals surface area contributed by atoms with Crippen molar-refractivity contribution in [2.45, 2.75) is 18.8 Å². The Kier molecular flexibility index (Phi) is 3.20. The van der Waals surface area contributed by atoms with Crippen LogP contribution >= 0.6 is 0 Å². The van der Waals surface area contributed by atoms with Crippen molar-refractivity contribution in [3.05, 3.63) is 33.9 Å². The Balaban J connectivity index is 2.03. The summed E-state index contributed by atoms with van der Waals surface area (Å²) < 4.78 is 1.48. The molecule has 0 spiro atoms. The molecule has 3 heterocycles. The smallest absolute Gasteiger partial charge is 0.356 e. The number of piperidine rings is 1. The molecule has 0 bridgehead atoms. The highest BCUT2D eigenvalue weighted by Crippen LogP contribution is 2.26. The van der Waals surface area contributed by atoms with Crippen molar-refractivity contribution in [3.8, 4) is 0 Å². The van der Waals surface area contributed by atoms with Crippen LogP contribution in [0.25, 0.3) is 5.65 Å². The first-order valence-electron chi connectivity index (χ1n) is 6.64. The van der Waals surface area contributed by atoms with E-state index >= 15 is 0 Å². The van der Waals surface area contributed by atoms with Gasteiger partial charge >= 0.3 is 5.97 Å². The number of hydrogen-bond donors (Lipinski definition) is 2. The number of amides is 1. The Morgan fingerprint density at radius 2 is 2.10 bits per heavy atom. The summed E-state index contributed by atoms with van der Waals surface area (Å²) in [7, 11) is 0. The number of likely N-dealkylation sites (tertiary alicyclic amines) is 1. The topological polar surface area (TPSA) is 108 Å². The number of carbonyl (C=O) groups excluding carboxylic acids is 1. The molecule has 8 heteroatoms. The predicted octanol–water partition coefficient (Wildman–Crippen LogP) is 0.0566. The number of fused-ring (bicyclic) bond motifs is 1. The summed E-state index contributed by atoms with van der Waals surface area (Å²) in [5.41, 5.74) is 0.662. The summed E-state index contributed by atoms with van der Waals surface area (Å²) in [5.74, 6) is -1.06. The van der Waals surface area contributed by atoms with Crippen LogP contribution in [0.2, 0.25) is 0 Å². The first kappa shape index (κ1) is 13.3. The molecule has 1 aliphatic rings. The number of H-pyrrole nitrogens is 1. The summed E-state index contributed by atoms with van der Waals surface area (Å²) in [4.78, 5) is 37.7. The molecule has 110 valence electrons. The standard InChI is InChI=1S/C13H14N4O4/c18-7-16-3-1-8(2-4-16)10-6-12(19)14-11-5-9(13(20)21)15-17(10)11/h5-8H,1-4H2,(H,14,19)(H,20,21). The van der Waals surface area contributed by atoms with E-state index in [1.807, 2.05) is 0 Å². The molecular weight excluding hydrogens is 276 g/mol. The molecule has 2 aromatic heterocycles. The number of rotatable bonds is 3. The molecule has 1 aliphatic heterocycles. The maximum atomic E-state index is 11.7. The third kappa shape index (κ3) is 2.39. The molecule has 8 nitrogen and oxygen atoms in total. The fraction of sp³-hybridized carbons (Fsp3) is 0.385. The van der Waals surface area contributed by atoms with Crippen LogP contribution in [0, 0.1) is 0 Å². The van der Waals surface area contributed by atoms with Gasteiger partial charge in [-0.25, -0.2) is 9.31 Å². The van der Waals surface area contributed by atoms with Crippen LogP contribution in [-0.4, -0.2) is 50.1 Å². The van der Waals surface area contributed by atoms with E-state index in [9.17, 15) is 14.4 Å². The molecule has 0 unspecified atom stereocenters. The van der Waals surface area contributed by atoms with Crippen LogP contribution in [0.4, 0.5) is 0 Å². The van der Waals surface area contributed by atoms with Crippen LogP contribution in [-0.2, 0) is 4.79 Å². The van der Waals surface area contributed by atoms with Gasteiger partial charge in [0.05, 0.1) is 5.69 Å². The Morgan fingerprint density at radius 1 is 1.38 bits per heavy atom. The monoisotopic (exact) mass is 290 g/mol. The molecule has 0 atom stereocenters. The lowest BCUT2D eigenvalue weighted by Crippen LogP contribution is -2.32. The van der Waals surface area contributed by atoms with Crippen LogP contribution in [0.1, 0.15) is 34.9 Å². The molecule has 3 rings (SSSR count). The Hall–Kier alpha value is -2.64. The van der Waals surface area contributed by atoms with Crippen molar-refractivity contribution in [1.82, 2.24) is 19.5 Å². The molecule has 0 radical (unpaired) electrons. The average Bonchev–Trinajstić information content (AvgIpc) is 2.90. The second kappa shape index (κ2) is 5.04. The molecule has 1 fully saturated rings. The summed E-state index contributed by atoms with van der Waals surface area (Å²) in [6.07, 6.45) is 2.26. The lowest BCUT2D eigenvalue weighted by molar-refractivity contribution is -0.119. The van der Waals surface area contributed by atoms with Gasteiger partial charge in [-0.15, -0.1) is 0 Å². The number of hydrogen-bond acceptors (Lipinski definition) is 4. The normalized spacial score (nSPS) is 16.3. The van der Waals surface area contributed by atoms with E-state index in [2.05, 4.69) is 10.1 Å². The molecule has 1 amide bonds. The molecule has 0 saturated carbocycles. The van der Waals surface area contributed by atoms with E-state index in [-0.39, 0.29) is 17.2 Å². The zero-order chi connectivity index (χ0) is 15.0. The maximum Gasteiger partial charge on any atom is 0.356 e. The third-order valence-electron chi connectivity index (χ3n) is 3.80. The lowest BCUT2D eigenvalue weighted by Gasteiger charge is -2.29. The van der Waals surface area contributed by atoms with E-state index in [1.165, 1.54) is 16.6 Å². The van der Waals surface area contributed by atoms with Gasteiger partial charge in [-0.3, -0.25) is 9.59 Å². The fourth-order valence-electron chi connectivity index (χ4n) is 2.72. The summed E-state index contributed by atoms with van der Waals surface area (Å²) >= 11 is 0. The molecule has 2 aromatic rings. The van der Waals surface area contributed by atoms with E-state index in [1.54, 1.807) is 4.90 Å². The largest absolute Gasteiger partial charge is 0.476 e. The fourth-order valence-corrected chi connectivity index (χ4v) is 2.72. The number of aromatic nitrogens is 3. The van der Waals surface area contributed by atoms with E-state index in [4.69, 9.17) is 5.11 Å². The number of aromatic carboxylic acids is 1. The molecule has 0 aliphatic carbocycles. The van der Waals surface area contributed by atoms with Crippen molar-refractivity contribution in [2.24, 2.45) is 0 Å². The molecule has 2 N–H and O–H groups in total. The van der Waals surface area contributed by atoms with Crippen molar-refractivity contribution >= 4 is 18.0 Å². The maximum absolute atomic E-state index is 11.7. The van der Waals surface area contributed by atoms with Gasteiger partial charge < -0.3 is 15.0 Å². The zero-order valence-corrected chi connectivity index (χ0v) is 11.2. The number of nitrogens with zero attached hydrogens (tertiary/aromatic N) is 3. The second-order valence-electron chi connectivity index (χ2n) is 5.11. The van der Waals surface area contributed by atoms with Crippen LogP contribution < -0.4 is 5.56 Å². The van der Waals surface area contributed by atoms with Crippen molar-refractivity contribution < 1.29 is 14.7 Å². The zero-order valence-electron chi connectivity index (χ0n) is 11.2. The van der Waals surface area contributed by atoms with Crippen LogP contribution in [0.5, 0.6) is 0 Å². The molecule has 0 aromatic carbocycles. The van der Waals surface area contributed by atoms with E-state index in [0.29, 0.717) is 24.4 Å². The predicted molar refractivity (Wildman–Crippen MR) is 72.4 cm³/mol. The van der Waals surface area contributed by atoms with Crippen LogP contribution in [0.3, 0.4) is 0 Å². The first-order valence-corrected chi connectivity index (χ1v) is 6.64. The number of nitrogens with one attached hydrogen (secondary N) is 1. The molecular formula is C13H14N4O4. The first-order chi connectivity index (χ1) is 10.1. The van der Waals surface area contributed by atoms with E-state index < -0.39 is 5.97 Å². The summed E-state index contributed by atoms with van der Waals surface area (Å²) in [6.45, 7) is 1.24. The van der Waals surface area contributed by atoms with Crippen molar-refractivity contribution in [3.63, 3.8) is 0 Å². The minimum absolute atomic E-state index is 0.0764. The average molecular weight is 290 g/mol. The highest BCUT2D eigenvalue weighted by molar-refractivity contribution is 5.86. The van der Waals surface area contributed by atoms with Gasteiger partial charge in [0.1, 0.15) is 5.65 Å². The third-order valence-corrected chi connectivity index (χ3v) is 3.80. The van der Waals surface area contributed by atoms with Gasteiger partial charge in [0.2, 0.25) is 6.41 Å². The van der Waals surface area contributed by atoms with Gasteiger partial charge in [-0.05, 0) is 12.8 Å². The Labute approximate surface area is 119 Å². The van der Waals surface area contributed by atoms with Gasteiger partial charge in [0.15, 0.2) is 5.69 Å². The number of aromatic amines is 1. The summed E-state index contributed by atoms with van der Waals surface area (Å²) in [5, 5.41) is 13.0.